The Bertz CT molecular complexity index is 833. The summed E-state index contributed by atoms with van der Waals surface area (Å²) in [5, 5.41) is 9.42. The standard InChI is InChI=1S/C16H14N4OS/c1-11-15(18-16(21)20-19-11)17-13-9-5-6-10-14(13)22-12-7-3-2-4-8-12/h2-10H,1H3,(H2,17,18,20,21). The van der Waals surface area contributed by atoms with Gasteiger partial charge in [0.2, 0.25) is 0 Å². The van der Waals surface area contributed by atoms with Gasteiger partial charge in [0.1, 0.15) is 5.69 Å². The van der Waals surface area contributed by atoms with Crippen molar-refractivity contribution in [1.29, 1.82) is 0 Å². The lowest BCUT2D eigenvalue weighted by Crippen LogP contribution is -2.15. The molecule has 0 bridgehead atoms. The van der Waals surface area contributed by atoms with Crippen molar-refractivity contribution in [3.8, 4) is 0 Å². The molecule has 110 valence electrons. The highest BCUT2D eigenvalue weighted by atomic mass is 32.2. The average Bonchev–Trinajstić information content (AvgIpc) is 2.54. The molecular formula is C16H14N4OS. The second-order valence-electron chi connectivity index (χ2n) is 4.61. The topological polar surface area (TPSA) is 70.7 Å². The van der Waals surface area contributed by atoms with Crippen molar-refractivity contribution >= 4 is 23.3 Å². The number of nitrogens with zero attached hydrogens (tertiary/aromatic N) is 2. The van der Waals surface area contributed by atoms with Gasteiger partial charge in [-0.3, -0.25) is 0 Å². The summed E-state index contributed by atoms with van der Waals surface area (Å²) in [6.07, 6.45) is 0. The van der Waals surface area contributed by atoms with Crippen LogP contribution in [0.25, 0.3) is 0 Å². The Morgan fingerprint density at radius 3 is 2.59 bits per heavy atom. The van der Waals surface area contributed by atoms with E-state index in [9.17, 15) is 4.79 Å². The van der Waals surface area contributed by atoms with Crippen LogP contribution in [0.15, 0.2) is 69.2 Å². The van der Waals surface area contributed by atoms with Crippen molar-refractivity contribution in [2.24, 2.45) is 0 Å². The van der Waals surface area contributed by atoms with Gasteiger partial charge >= 0.3 is 5.69 Å². The number of benzene rings is 2. The molecule has 2 N–H and O–H groups in total. The highest BCUT2D eigenvalue weighted by molar-refractivity contribution is 7.99. The number of H-pyrrole nitrogens is 1. The smallest absolute Gasteiger partial charge is 0.338 e. The summed E-state index contributed by atoms with van der Waals surface area (Å²) in [6, 6.07) is 18.0. The van der Waals surface area contributed by atoms with E-state index in [1.807, 2.05) is 42.5 Å². The molecule has 22 heavy (non-hydrogen) atoms. The minimum Gasteiger partial charge on any atom is -0.338 e. The molecular weight excluding hydrogens is 296 g/mol. The van der Waals surface area contributed by atoms with E-state index in [0.717, 1.165) is 15.5 Å². The minimum atomic E-state index is -0.471. The zero-order valence-corrected chi connectivity index (χ0v) is 12.7. The molecule has 5 nitrogen and oxygen atoms in total. The summed E-state index contributed by atoms with van der Waals surface area (Å²) in [5.41, 5.74) is 1.06. The maximum absolute atomic E-state index is 11.3. The van der Waals surface area contributed by atoms with Crippen LogP contribution in [0.3, 0.4) is 0 Å². The fraction of sp³-hybridized carbons (Fsp3) is 0.0625. The fourth-order valence-electron chi connectivity index (χ4n) is 1.91. The highest BCUT2D eigenvalue weighted by Crippen LogP contribution is 2.34. The number of aryl methyl sites for hydroxylation is 1. The molecule has 0 saturated carbocycles. The molecule has 0 atom stereocenters. The van der Waals surface area contributed by atoms with E-state index < -0.39 is 5.69 Å². The molecule has 1 heterocycles. The first-order valence-corrected chi connectivity index (χ1v) is 7.56. The van der Waals surface area contributed by atoms with Crippen LogP contribution in [0, 0.1) is 6.92 Å². The van der Waals surface area contributed by atoms with E-state index >= 15 is 0 Å². The third-order valence-corrected chi connectivity index (χ3v) is 4.07. The number of nitrogens with one attached hydrogen (secondary N) is 2. The van der Waals surface area contributed by atoms with Crippen molar-refractivity contribution < 1.29 is 0 Å². The third kappa shape index (κ3) is 3.35. The van der Waals surface area contributed by atoms with Gasteiger partial charge in [0, 0.05) is 9.79 Å². The first-order valence-electron chi connectivity index (χ1n) is 6.74. The second kappa shape index (κ2) is 6.44. The van der Waals surface area contributed by atoms with Crippen molar-refractivity contribution in [2.45, 2.75) is 16.7 Å². The van der Waals surface area contributed by atoms with Crippen LogP contribution in [0.1, 0.15) is 5.69 Å². The molecule has 3 rings (SSSR count). The van der Waals surface area contributed by atoms with E-state index in [2.05, 4.69) is 32.6 Å². The van der Waals surface area contributed by atoms with Crippen molar-refractivity contribution in [3.05, 3.63) is 70.8 Å². The minimum absolute atomic E-state index is 0.463. The van der Waals surface area contributed by atoms with Gasteiger partial charge in [-0.05, 0) is 31.2 Å². The van der Waals surface area contributed by atoms with Crippen LogP contribution in [-0.2, 0) is 0 Å². The SMILES string of the molecule is Cc1n[nH]c(=O)nc1Nc1ccccc1Sc1ccccc1. The Balaban J connectivity index is 1.91. The maximum Gasteiger partial charge on any atom is 0.363 e. The second-order valence-corrected chi connectivity index (χ2v) is 5.73. The number of hydrogen-bond donors (Lipinski definition) is 2. The summed E-state index contributed by atoms with van der Waals surface area (Å²) in [4.78, 5) is 17.5. The zero-order valence-electron chi connectivity index (χ0n) is 11.9. The molecule has 0 aliphatic heterocycles. The van der Waals surface area contributed by atoms with Gasteiger partial charge in [-0.2, -0.15) is 10.1 Å². The van der Waals surface area contributed by atoms with E-state index in [-0.39, 0.29) is 0 Å². The third-order valence-electron chi connectivity index (χ3n) is 2.99. The van der Waals surface area contributed by atoms with Gasteiger partial charge in [-0.1, -0.05) is 42.1 Å². The first-order chi connectivity index (χ1) is 10.7. The monoisotopic (exact) mass is 310 g/mol. The Hall–Kier alpha value is -2.60. The van der Waals surface area contributed by atoms with Gasteiger partial charge < -0.3 is 5.32 Å². The number of aromatic amines is 1. The predicted molar refractivity (Wildman–Crippen MR) is 87.7 cm³/mol. The molecule has 0 unspecified atom stereocenters. The normalized spacial score (nSPS) is 10.4. The first kappa shape index (κ1) is 14.3. The lowest BCUT2D eigenvalue weighted by Gasteiger charge is -2.11. The van der Waals surface area contributed by atoms with Gasteiger partial charge in [-0.25, -0.2) is 9.89 Å². The van der Waals surface area contributed by atoms with Crippen LogP contribution in [0.4, 0.5) is 11.5 Å². The Labute approximate surface area is 131 Å². The fourth-order valence-corrected chi connectivity index (χ4v) is 2.84. The molecule has 0 spiro atoms. The average molecular weight is 310 g/mol. The molecule has 1 aromatic heterocycles. The summed E-state index contributed by atoms with van der Waals surface area (Å²) in [5.74, 6) is 0.463. The van der Waals surface area contributed by atoms with Crippen LogP contribution in [-0.4, -0.2) is 15.2 Å². The largest absolute Gasteiger partial charge is 0.363 e. The van der Waals surface area contributed by atoms with Crippen molar-refractivity contribution in [2.75, 3.05) is 5.32 Å². The number of para-hydroxylation sites is 1. The number of aromatic nitrogens is 3. The molecule has 0 amide bonds. The molecule has 2 aromatic carbocycles. The predicted octanol–water partition coefficient (Wildman–Crippen LogP) is 3.37. The number of anilines is 2. The molecule has 0 radical (unpaired) electrons. The lowest BCUT2D eigenvalue weighted by molar-refractivity contribution is 0.884. The molecule has 0 saturated heterocycles. The molecule has 0 aliphatic carbocycles. The maximum atomic E-state index is 11.3. The summed E-state index contributed by atoms with van der Waals surface area (Å²) < 4.78 is 0. The van der Waals surface area contributed by atoms with E-state index in [1.165, 1.54) is 0 Å². The van der Waals surface area contributed by atoms with E-state index in [4.69, 9.17) is 0 Å². The van der Waals surface area contributed by atoms with Crippen LogP contribution < -0.4 is 11.0 Å². The molecule has 3 aromatic rings. The van der Waals surface area contributed by atoms with Gasteiger partial charge in [0.25, 0.3) is 0 Å². The summed E-state index contributed by atoms with van der Waals surface area (Å²) in [6.45, 7) is 1.79. The Kier molecular flexibility index (Phi) is 4.20. The van der Waals surface area contributed by atoms with Crippen LogP contribution in [0.2, 0.25) is 0 Å². The zero-order chi connectivity index (χ0) is 15.4. The molecule has 6 heteroatoms. The lowest BCUT2D eigenvalue weighted by atomic mass is 10.3. The van der Waals surface area contributed by atoms with Gasteiger partial charge in [0.15, 0.2) is 5.82 Å². The molecule has 0 aliphatic rings. The van der Waals surface area contributed by atoms with Crippen LogP contribution in [0.5, 0.6) is 0 Å². The van der Waals surface area contributed by atoms with Crippen LogP contribution >= 0.6 is 11.8 Å². The highest BCUT2D eigenvalue weighted by Gasteiger charge is 2.08. The van der Waals surface area contributed by atoms with E-state index in [1.54, 1.807) is 18.7 Å². The Morgan fingerprint density at radius 1 is 1.05 bits per heavy atom. The summed E-state index contributed by atoms with van der Waals surface area (Å²) in [7, 11) is 0. The Morgan fingerprint density at radius 2 is 1.77 bits per heavy atom. The van der Waals surface area contributed by atoms with Crippen molar-refractivity contribution in [1.82, 2.24) is 15.2 Å². The van der Waals surface area contributed by atoms with Crippen molar-refractivity contribution in [3.63, 3.8) is 0 Å². The van der Waals surface area contributed by atoms with Gasteiger partial charge in [-0.15, -0.1) is 0 Å². The van der Waals surface area contributed by atoms with E-state index in [0.29, 0.717) is 11.5 Å². The quantitative estimate of drug-likeness (QED) is 0.773. The van der Waals surface area contributed by atoms with Gasteiger partial charge in [0.05, 0.1) is 5.69 Å². The number of rotatable bonds is 4. The number of hydrogen-bond acceptors (Lipinski definition) is 5. The summed E-state index contributed by atoms with van der Waals surface area (Å²) >= 11 is 1.65. The molecule has 0 fully saturated rings.